The van der Waals surface area contributed by atoms with Crippen molar-refractivity contribution in [3.63, 3.8) is 0 Å². The summed E-state index contributed by atoms with van der Waals surface area (Å²) in [5.41, 5.74) is 0. The van der Waals surface area contributed by atoms with Gasteiger partial charge in [-0.1, -0.05) is 222 Å². The molecule has 0 N–H and O–H groups in total. The lowest BCUT2D eigenvalue weighted by molar-refractivity contribution is -0.243. The van der Waals surface area contributed by atoms with Crippen molar-refractivity contribution in [2.24, 2.45) is 0 Å². The lowest BCUT2D eigenvalue weighted by Gasteiger charge is -2.30. The molecule has 0 bridgehead atoms. The first-order valence-corrected chi connectivity index (χ1v) is 27.9. The van der Waals surface area contributed by atoms with Crippen molar-refractivity contribution in [3.05, 3.63) is 23.0 Å². The second-order valence-electron chi connectivity index (χ2n) is 18.2. The average Bonchev–Trinajstić information content (AvgIpc) is 3.29. The van der Waals surface area contributed by atoms with Gasteiger partial charge in [-0.05, 0) is 51.4 Å². The molecule has 0 radical (unpaired) electrons. The fourth-order valence-electron chi connectivity index (χ4n) is 7.77. The van der Waals surface area contributed by atoms with E-state index in [-0.39, 0.29) is 0 Å². The van der Waals surface area contributed by atoms with Crippen LogP contribution in [0.2, 0.25) is 0 Å². The summed E-state index contributed by atoms with van der Waals surface area (Å²) in [6.07, 6.45) is 41.0. The van der Waals surface area contributed by atoms with Gasteiger partial charge in [0.25, 0.3) is 0 Å². The van der Waals surface area contributed by atoms with Gasteiger partial charge in [-0.2, -0.15) is 0 Å². The van der Waals surface area contributed by atoms with Crippen LogP contribution in [0.4, 0.5) is 0 Å². The van der Waals surface area contributed by atoms with Crippen LogP contribution < -0.4 is 0 Å². The summed E-state index contributed by atoms with van der Waals surface area (Å²) in [6, 6.07) is 0. The highest BCUT2D eigenvalue weighted by molar-refractivity contribution is 5.09. The topological polar surface area (TPSA) is 64.6 Å². The van der Waals surface area contributed by atoms with Gasteiger partial charge in [0.2, 0.25) is 12.6 Å². The van der Waals surface area contributed by atoms with E-state index in [2.05, 4.69) is 55.4 Å². The van der Waals surface area contributed by atoms with E-state index in [4.69, 9.17) is 33.2 Å². The first-order chi connectivity index (χ1) is 31.1. The molecule has 2 unspecified atom stereocenters. The van der Waals surface area contributed by atoms with Crippen molar-refractivity contribution in [3.8, 4) is 0 Å². The van der Waals surface area contributed by atoms with Gasteiger partial charge in [-0.3, -0.25) is 0 Å². The van der Waals surface area contributed by atoms with E-state index in [9.17, 15) is 0 Å². The maximum atomic E-state index is 7.18. The van der Waals surface area contributed by atoms with Crippen LogP contribution in [-0.2, 0) is 33.2 Å². The highest BCUT2D eigenvalue weighted by Crippen LogP contribution is 2.29. The Kier molecular flexibility index (Phi) is 48.8. The smallest absolute Gasteiger partial charge is 0.223 e. The predicted octanol–water partition coefficient (Wildman–Crippen LogP) is 18.4. The molecule has 7 nitrogen and oxygen atoms in total. The molecular weight excluding hydrogens is 785 g/mol. The van der Waals surface area contributed by atoms with Crippen molar-refractivity contribution in [1.82, 2.24) is 0 Å². The highest BCUT2D eigenvalue weighted by atomic mass is 16.8. The largest absolute Gasteiger partial charge is 0.494 e. The zero-order chi connectivity index (χ0) is 46.1. The van der Waals surface area contributed by atoms with E-state index in [1.165, 1.54) is 154 Å². The zero-order valence-corrected chi connectivity index (χ0v) is 43.7. The molecule has 0 fully saturated rings. The molecule has 0 rings (SSSR count). The standard InChI is InChI=1S/C56H110O7/c1-9-17-21-25-27-29-31-33-35-39-43-51(57-45-13-5)53(59-47-15-7)55(61-49-41-37-23-19-11-3)63-56(62-50-42-38-24-20-12-4)54(60-48-16-8)52(58-46-14-6)44-40-36-34-32-30-28-26-22-18-10-2/h55-56H,9-50H2,1-8H3. The zero-order valence-electron chi connectivity index (χ0n) is 43.7. The second kappa shape index (κ2) is 50.0. The highest BCUT2D eigenvalue weighted by Gasteiger charge is 2.32. The van der Waals surface area contributed by atoms with E-state index >= 15 is 0 Å². The molecule has 7 heteroatoms. The number of hydrogen-bond donors (Lipinski definition) is 0. The Morgan fingerprint density at radius 1 is 0.254 bits per heavy atom. The summed E-state index contributed by atoms with van der Waals surface area (Å²) in [6.45, 7) is 21.3. The summed E-state index contributed by atoms with van der Waals surface area (Å²) in [7, 11) is 0. The van der Waals surface area contributed by atoms with Crippen LogP contribution in [0.15, 0.2) is 23.0 Å². The maximum Gasteiger partial charge on any atom is 0.223 e. The van der Waals surface area contributed by atoms with Crippen molar-refractivity contribution in [1.29, 1.82) is 0 Å². The minimum Gasteiger partial charge on any atom is -0.494 e. The first-order valence-electron chi connectivity index (χ1n) is 27.9. The lowest BCUT2D eigenvalue weighted by Crippen LogP contribution is -2.34. The summed E-state index contributed by atoms with van der Waals surface area (Å²) in [5.74, 6) is 3.08. The molecule has 0 saturated carbocycles. The SMILES string of the molecule is CCCCCCCCCCCCC(OCCC)=C(OCCC)C(OCCCCCCC)OC(OCCCCCCC)C(OCCC)=C(CCCCCCCCCCCC)OCCC. The van der Waals surface area contributed by atoms with Crippen molar-refractivity contribution < 1.29 is 33.2 Å². The molecule has 0 spiro atoms. The van der Waals surface area contributed by atoms with Crippen molar-refractivity contribution in [2.75, 3.05) is 39.6 Å². The molecule has 0 aromatic carbocycles. The Bertz CT molecular complexity index is 905. The minimum absolute atomic E-state index is 0.563. The molecule has 0 aliphatic rings. The lowest BCUT2D eigenvalue weighted by atomic mass is 10.1. The minimum atomic E-state index is -0.798. The van der Waals surface area contributed by atoms with Crippen LogP contribution in [0, 0.1) is 0 Å². The van der Waals surface area contributed by atoms with E-state index in [1.807, 2.05) is 0 Å². The fraction of sp³-hybridized carbons (Fsp3) is 0.929. The Morgan fingerprint density at radius 3 is 0.794 bits per heavy atom. The van der Waals surface area contributed by atoms with Gasteiger partial charge in [0.15, 0.2) is 11.5 Å². The van der Waals surface area contributed by atoms with Crippen LogP contribution in [0.5, 0.6) is 0 Å². The van der Waals surface area contributed by atoms with Crippen LogP contribution >= 0.6 is 0 Å². The summed E-state index contributed by atoms with van der Waals surface area (Å²) < 4.78 is 47.5. The third-order valence-electron chi connectivity index (χ3n) is 11.7. The van der Waals surface area contributed by atoms with Gasteiger partial charge >= 0.3 is 0 Å². The van der Waals surface area contributed by atoms with Gasteiger partial charge in [0.05, 0.1) is 39.6 Å². The van der Waals surface area contributed by atoms with Gasteiger partial charge < -0.3 is 33.2 Å². The monoisotopic (exact) mass is 895 g/mol. The van der Waals surface area contributed by atoms with Crippen LogP contribution in [0.3, 0.4) is 0 Å². The summed E-state index contributed by atoms with van der Waals surface area (Å²) in [5, 5.41) is 0. The Labute approximate surface area is 393 Å². The second-order valence-corrected chi connectivity index (χ2v) is 18.2. The van der Waals surface area contributed by atoms with Gasteiger partial charge in [0.1, 0.15) is 11.5 Å². The molecule has 0 aliphatic carbocycles. The van der Waals surface area contributed by atoms with Crippen molar-refractivity contribution >= 4 is 0 Å². The Hall–Kier alpha value is -1.44. The van der Waals surface area contributed by atoms with Gasteiger partial charge in [-0.25, -0.2) is 0 Å². The molecule has 0 saturated heterocycles. The third kappa shape index (κ3) is 37.4. The Balaban J connectivity index is 6.82. The number of allylic oxidation sites excluding steroid dienone is 2. The number of unbranched alkanes of at least 4 members (excludes halogenated alkanes) is 26. The first kappa shape index (κ1) is 61.6. The summed E-state index contributed by atoms with van der Waals surface area (Å²) >= 11 is 0. The number of ether oxygens (including phenoxy) is 7. The maximum absolute atomic E-state index is 7.18. The average molecular weight is 895 g/mol. The van der Waals surface area contributed by atoms with E-state index in [0.29, 0.717) is 51.2 Å². The number of hydrogen-bond acceptors (Lipinski definition) is 7. The predicted molar refractivity (Wildman–Crippen MR) is 270 cm³/mol. The molecule has 0 amide bonds. The Morgan fingerprint density at radius 2 is 0.508 bits per heavy atom. The fourth-order valence-corrected chi connectivity index (χ4v) is 7.77. The molecule has 0 heterocycles. The number of rotatable bonds is 52. The molecule has 0 aromatic heterocycles. The van der Waals surface area contributed by atoms with E-state index in [0.717, 1.165) is 88.6 Å². The van der Waals surface area contributed by atoms with E-state index in [1.54, 1.807) is 0 Å². The van der Waals surface area contributed by atoms with Crippen LogP contribution in [0.25, 0.3) is 0 Å². The van der Waals surface area contributed by atoms with Crippen LogP contribution in [0.1, 0.15) is 287 Å². The normalized spacial score (nSPS) is 13.5. The third-order valence-corrected chi connectivity index (χ3v) is 11.7. The van der Waals surface area contributed by atoms with Gasteiger partial charge in [0, 0.05) is 12.8 Å². The summed E-state index contributed by atoms with van der Waals surface area (Å²) in [4.78, 5) is 0. The van der Waals surface area contributed by atoms with E-state index < -0.39 is 12.6 Å². The quantitative estimate of drug-likeness (QED) is 0.0342. The molecular formula is C56H110O7. The molecule has 0 aromatic rings. The van der Waals surface area contributed by atoms with Crippen molar-refractivity contribution in [2.45, 2.75) is 299 Å². The molecule has 376 valence electrons. The van der Waals surface area contributed by atoms with Crippen LogP contribution in [-0.4, -0.2) is 52.2 Å². The molecule has 0 aliphatic heterocycles. The molecule has 2 atom stereocenters. The van der Waals surface area contributed by atoms with Gasteiger partial charge in [-0.15, -0.1) is 0 Å². The molecule has 63 heavy (non-hydrogen) atoms.